The molecule has 1 saturated heterocycles. The molecular weight excluding hydrogens is 146 g/mol. The molecule has 3 aliphatic rings. The van der Waals surface area contributed by atoms with Gasteiger partial charge in [-0.1, -0.05) is 6.42 Å². The van der Waals surface area contributed by atoms with E-state index in [-0.39, 0.29) is 0 Å². The van der Waals surface area contributed by atoms with Crippen LogP contribution < -0.4 is 5.32 Å². The molecule has 2 bridgehead atoms. The molecule has 2 saturated carbocycles. The van der Waals surface area contributed by atoms with E-state index in [9.17, 15) is 0 Å². The third kappa shape index (κ3) is 0.891. The van der Waals surface area contributed by atoms with E-state index in [1.807, 2.05) is 0 Å². The van der Waals surface area contributed by atoms with Crippen molar-refractivity contribution in [2.45, 2.75) is 38.5 Å². The first-order valence-electron chi connectivity index (χ1n) is 5.60. The Bertz CT molecular complexity index is 181. The molecule has 1 spiro atoms. The molecule has 68 valence electrons. The number of hydrogen-bond donors (Lipinski definition) is 1. The molecule has 3 unspecified atom stereocenters. The van der Waals surface area contributed by atoms with Crippen LogP contribution in [0.3, 0.4) is 0 Å². The monoisotopic (exact) mass is 165 g/mol. The standard InChI is InChI=1S/C11H19N/c1-4-11(8-12-5-1)7-9-2-3-10(11)6-9/h9-10,12H,1-8H2. The van der Waals surface area contributed by atoms with Gasteiger partial charge in [0.05, 0.1) is 0 Å². The van der Waals surface area contributed by atoms with Gasteiger partial charge < -0.3 is 5.32 Å². The lowest BCUT2D eigenvalue weighted by Crippen LogP contribution is -2.43. The zero-order valence-electron chi connectivity index (χ0n) is 7.81. The second-order valence-electron chi connectivity index (χ2n) is 5.22. The highest BCUT2D eigenvalue weighted by Crippen LogP contribution is 2.58. The van der Waals surface area contributed by atoms with Gasteiger partial charge in [-0.2, -0.15) is 0 Å². The minimum absolute atomic E-state index is 0.779. The summed E-state index contributed by atoms with van der Waals surface area (Å²) in [5.74, 6) is 2.23. The van der Waals surface area contributed by atoms with Crippen molar-refractivity contribution in [3.05, 3.63) is 0 Å². The van der Waals surface area contributed by atoms with Gasteiger partial charge in [0, 0.05) is 6.54 Å². The Morgan fingerprint density at radius 1 is 1.25 bits per heavy atom. The van der Waals surface area contributed by atoms with Gasteiger partial charge in [0.1, 0.15) is 0 Å². The van der Waals surface area contributed by atoms with Gasteiger partial charge in [0.25, 0.3) is 0 Å². The lowest BCUT2D eigenvalue weighted by atomic mass is 9.69. The molecule has 1 nitrogen and oxygen atoms in total. The molecule has 1 aliphatic heterocycles. The molecule has 2 aliphatic carbocycles. The zero-order valence-corrected chi connectivity index (χ0v) is 7.81. The molecule has 3 atom stereocenters. The minimum Gasteiger partial charge on any atom is -0.316 e. The lowest BCUT2D eigenvalue weighted by molar-refractivity contribution is 0.118. The Morgan fingerprint density at radius 2 is 2.25 bits per heavy atom. The van der Waals surface area contributed by atoms with Crippen LogP contribution in [0.2, 0.25) is 0 Å². The number of fused-ring (bicyclic) bond motifs is 3. The van der Waals surface area contributed by atoms with E-state index in [0.29, 0.717) is 0 Å². The fourth-order valence-electron chi connectivity index (χ4n) is 4.07. The SMILES string of the molecule is C1CNCC2(C1)CC1CCC2C1. The Labute approximate surface area is 74.9 Å². The summed E-state index contributed by atoms with van der Waals surface area (Å²) in [6, 6.07) is 0. The molecule has 12 heavy (non-hydrogen) atoms. The van der Waals surface area contributed by atoms with Crippen molar-refractivity contribution in [3.63, 3.8) is 0 Å². The summed E-state index contributed by atoms with van der Waals surface area (Å²) in [6.45, 7) is 2.62. The van der Waals surface area contributed by atoms with E-state index in [1.165, 1.54) is 25.9 Å². The third-order valence-corrected chi connectivity index (χ3v) is 4.61. The quantitative estimate of drug-likeness (QED) is 0.580. The van der Waals surface area contributed by atoms with Gasteiger partial charge in [-0.3, -0.25) is 0 Å². The first-order chi connectivity index (χ1) is 5.89. The Morgan fingerprint density at radius 3 is 2.83 bits per heavy atom. The van der Waals surface area contributed by atoms with Crippen molar-refractivity contribution in [2.24, 2.45) is 17.3 Å². The van der Waals surface area contributed by atoms with Crippen molar-refractivity contribution in [2.75, 3.05) is 13.1 Å². The second kappa shape index (κ2) is 2.47. The highest BCUT2D eigenvalue weighted by atomic mass is 14.9. The molecule has 0 aromatic carbocycles. The van der Waals surface area contributed by atoms with Crippen LogP contribution in [0.1, 0.15) is 38.5 Å². The average molecular weight is 165 g/mol. The molecule has 0 amide bonds. The van der Waals surface area contributed by atoms with E-state index < -0.39 is 0 Å². The topological polar surface area (TPSA) is 12.0 Å². The van der Waals surface area contributed by atoms with E-state index in [4.69, 9.17) is 0 Å². The highest BCUT2D eigenvalue weighted by molar-refractivity contribution is 5.02. The maximum absolute atomic E-state index is 3.60. The molecular formula is C11H19N. The van der Waals surface area contributed by atoms with Crippen LogP contribution in [0.25, 0.3) is 0 Å². The molecule has 0 aromatic rings. The van der Waals surface area contributed by atoms with Crippen LogP contribution >= 0.6 is 0 Å². The van der Waals surface area contributed by atoms with Gasteiger partial charge in [-0.05, 0) is 55.9 Å². The number of nitrogens with one attached hydrogen (secondary N) is 1. The van der Waals surface area contributed by atoms with Gasteiger partial charge in [-0.15, -0.1) is 0 Å². The molecule has 0 radical (unpaired) electrons. The van der Waals surface area contributed by atoms with Crippen LogP contribution in [-0.2, 0) is 0 Å². The van der Waals surface area contributed by atoms with Crippen LogP contribution in [0.15, 0.2) is 0 Å². The summed E-state index contributed by atoms with van der Waals surface area (Å²) in [6.07, 6.45) is 9.19. The van der Waals surface area contributed by atoms with E-state index in [0.717, 1.165) is 17.3 Å². The number of rotatable bonds is 0. The van der Waals surface area contributed by atoms with Crippen molar-refractivity contribution in [3.8, 4) is 0 Å². The van der Waals surface area contributed by atoms with Gasteiger partial charge in [0.2, 0.25) is 0 Å². The fourth-order valence-corrected chi connectivity index (χ4v) is 4.07. The molecule has 3 rings (SSSR count). The summed E-state index contributed by atoms with van der Waals surface area (Å²) in [5.41, 5.74) is 0.779. The van der Waals surface area contributed by atoms with E-state index in [2.05, 4.69) is 5.32 Å². The zero-order chi connectivity index (χ0) is 8.02. The smallest absolute Gasteiger partial charge is 0.00106 e. The van der Waals surface area contributed by atoms with E-state index in [1.54, 1.807) is 25.7 Å². The Kier molecular flexibility index (Phi) is 1.52. The van der Waals surface area contributed by atoms with E-state index >= 15 is 0 Å². The van der Waals surface area contributed by atoms with Gasteiger partial charge >= 0.3 is 0 Å². The summed E-state index contributed by atoms with van der Waals surface area (Å²) in [4.78, 5) is 0. The Hall–Kier alpha value is -0.0400. The lowest BCUT2D eigenvalue weighted by Gasteiger charge is -2.41. The van der Waals surface area contributed by atoms with Crippen LogP contribution in [0.5, 0.6) is 0 Å². The predicted molar refractivity (Wildman–Crippen MR) is 50.0 cm³/mol. The van der Waals surface area contributed by atoms with Gasteiger partial charge in [0.15, 0.2) is 0 Å². The summed E-state index contributed by atoms with van der Waals surface area (Å²) in [5, 5.41) is 3.60. The maximum Gasteiger partial charge on any atom is 0.00106 e. The van der Waals surface area contributed by atoms with Crippen molar-refractivity contribution in [1.29, 1.82) is 0 Å². The fraction of sp³-hybridized carbons (Fsp3) is 1.00. The average Bonchev–Trinajstić information content (AvgIpc) is 2.65. The largest absolute Gasteiger partial charge is 0.316 e. The first kappa shape index (κ1) is 7.37. The normalized spacial score (nSPS) is 52.0. The highest BCUT2D eigenvalue weighted by Gasteiger charge is 2.50. The molecule has 1 N–H and O–H groups in total. The minimum atomic E-state index is 0.779. The summed E-state index contributed by atoms with van der Waals surface area (Å²) < 4.78 is 0. The maximum atomic E-state index is 3.60. The van der Waals surface area contributed by atoms with Crippen molar-refractivity contribution < 1.29 is 0 Å². The molecule has 1 heterocycles. The van der Waals surface area contributed by atoms with Gasteiger partial charge in [-0.25, -0.2) is 0 Å². The number of hydrogen-bond acceptors (Lipinski definition) is 1. The van der Waals surface area contributed by atoms with Crippen molar-refractivity contribution in [1.82, 2.24) is 5.32 Å². The molecule has 3 fully saturated rings. The first-order valence-corrected chi connectivity index (χ1v) is 5.60. The Balaban J connectivity index is 1.81. The molecule has 1 heteroatoms. The summed E-state index contributed by atoms with van der Waals surface area (Å²) in [7, 11) is 0. The van der Waals surface area contributed by atoms with Crippen LogP contribution in [0.4, 0.5) is 0 Å². The predicted octanol–water partition coefficient (Wildman–Crippen LogP) is 2.18. The molecule has 0 aromatic heterocycles. The summed E-state index contributed by atoms with van der Waals surface area (Å²) >= 11 is 0. The number of piperidine rings is 1. The second-order valence-corrected chi connectivity index (χ2v) is 5.22. The van der Waals surface area contributed by atoms with Crippen LogP contribution in [0, 0.1) is 17.3 Å². The third-order valence-electron chi connectivity index (χ3n) is 4.61. The van der Waals surface area contributed by atoms with Crippen LogP contribution in [-0.4, -0.2) is 13.1 Å². The van der Waals surface area contributed by atoms with Crippen molar-refractivity contribution >= 4 is 0 Å².